The summed E-state index contributed by atoms with van der Waals surface area (Å²) in [6.45, 7) is 9.51. The fraction of sp³-hybridized carbons (Fsp3) is 0.438. The Balaban J connectivity index is 2.07. The number of aromatic nitrogens is 1. The Bertz CT molecular complexity index is 543. The van der Waals surface area contributed by atoms with Gasteiger partial charge in [-0.1, -0.05) is 43.7 Å². The second-order valence-corrected chi connectivity index (χ2v) is 6.49. The summed E-state index contributed by atoms with van der Waals surface area (Å²) in [6.07, 6.45) is 0.939. The van der Waals surface area contributed by atoms with Crippen molar-refractivity contribution in [1.82, 2.24) is 10.3 Å². The number of hydrogen-bond donors (Lipinski definition) is 1. The summed E-state index contributed by atoms with van der Waals surface area (Å²) < 4.78 is 0. The van der Waals surface area contributed by atoms with Gasteiger partial charge in [0.15, 0.2) is 0 Å². The summed E-state index contributed by atoms with van der Waals surface area (Å²) in [5, 5.41) is 4.67. The van der Waals surface area contributed by atoms with Crippen molar-refractivity contribution in [3.8, 4) is 0 Å². The molecule has 1 N–H and O–H groups in total. The van der Waals surface area contributed by atoms with Crippen molar-refractivity contribution in [2.45, 2.75) is 46.7 Å². The van der Waals surface area contributed by atoms with Gasteiger partial charge in [-0.2, -0.15) is 0 Å². The summed E-state index contributed by atoms with van der Waals surface area (Å²) >= 11 is 1.83. The first kappa shape index (κ1) is 14.2. The Kier molecular flexibility index (Phi) is 4.72. The van der Waals surface area contributed by atoms with Crippen LogP contribution >= 0.6 is 11.3 Å². The molecule has 2 rings (SSSR count). The van der Waals surface area contributed by atoms with E-state index in [0.29, 0.717) is 6.04 Å². The number of thiazole rings is 1. The van der Waals surface area contributed by atoms with Crippen molar-refractivity contribution in [2.75, 3.05) is 0 Å². The second kappa shape index (κ2) is 6.31. The molecule has 3 heteroatoms. The van der Waals surface area contributed by atoms with Crippen LogP contribution in [-0.2, 0) is 13.0 Å². The highest BCUT2D eigenvalue weighted by Crippen LogP contribution is 2.21. The van der Waals surface area contributed by atoms with Gasteiger partial charge in [0.2, 0.25) is 0 Å². The predicted molar refractivity (Wildman–Crippen MR) is 82.8 cm³/mol. The first-order chi connectivity index (χ1) is 9.04. The minimum absolute atomic E-state index is 0.515. The van der Waals surface area contributed by atoms with E-state index >= 15 is 0 Å². The van der Waals surface area contributed by atoms with Crippen molar-refractivity contribution in [3.05, 3.63) is 51.0 Å². The maximum absolute atomic E-state index is 4.69. The smallest absolute Gasteiger partial charge is 0.0975 e. The van der Waals surface area contributed by atoms with Gasteiger partial charge in [-0.25, -0.2) is 4.98 Å². The van der Waals surface area contributed by atoms with Crippen molar-refractivity contribution in [3.63, 3.8) is 0 Å². The van der Waals surface area contributed by atoms with E-state index in [9.17, 15) is 0 Å². The highest BCUT2D eigenvalue weighted by Gasteiger charge is 2.08. The van der Waals surface area contributed by atoms with E-state index in [-0.39, 0.29) is 0 Å². The van der Waals surface area contributed by atoms with Crippen LogP contribution in [0.5, 0.6) is 0 Å². The molecule has 0 aliphatic rings. The van der Waals surface area contributed by atoms with E-state index in [4.69, 9.17) is 4.98 Å². The summed E-state index contributed by atoms with van der Waals surface area (Å²) in [7, 11) is 0. The van der Waals surface area contributed by atoms with Gasteiger partial charge in [0.1, 0.15) is 0 Å². The monoisotopic (exact) mass is 274 g/mol. The molecule has 2 aromatic rings. The maximum Gasteiger partial charge on any atom is 0.0975 e. The number of nitrogens with one attached hydrogen (secondary N) is 1. The summed E-state index contributed by atoms with van der Waals surface area (Å²) in [4.78, 5) is 6.05. The van der Waals surface area contributed by atoms with Crippen LogP contribution in [0.25, 0.3) is 0 Å². The van der Waals surface area contributed by atoms with E-state index in [1.807, 2.05) is 11.3 Å². The number of hydrogen-bond acceptors (Lipinski definition) is 3. The Hall–Kier alpha value is -1.19. The van der Waals surface area contributed by atoms with E-state index in [0.717, 1.165) is 13.0 Å². The molecule has 0 atom stereocenters. The largest absolute Gasteiger partial charge is 0.310 e. The summed E-state index contributed by atoms with van der Waals surface area (Å²) in [5.74, 6) is 0. The molecule has 0 saturated carbocycles. The number of benzene rings is 1. The van der Waals surface area contributed by atoms with Crippen LogP contribution in [0.4, 0.5) is 0 Å². The van der Waals surface area contributed by atoms with Crippen molar-refractivity contribution < 1.29 is 0 Å². The molecule has 0 aliphatic carbocycles. The Labute approximate surface area is 119 Å². The molecule has 0 bridgehead atoms. The number of rotatable bonds is 5. The van der Waals surface area contributed by atoms with Crippen molar-refractivity contribution in [1.29, 1.82) is 0 Å². The second-order valence-electron chi connectivity index (χ2n) is 5.32. The average Bonchev–Trinajstić information content (AvgIpc) is 2.67. The molecule has 1 aromatic heterocycles. The van der Waals surface area contributed by atoms with Crippen LogP contribution in [-0.4, -0.2) is 11.0 Å². The van der Waals surface area contributed by atoms with E-state index in [1.54, 1.807) is 0 Å². The van der Waals surface area contributed by atoms with E-state index in [2.05, 4.69) is 57.3 Å². The molecule has 0 fully saturated rings. The lowest BCUT2D eigenvalue weighted by Gasteiger charge is -2.05. The molecule has 0 saturated heterocycles. The Morgan fingerprint density at radius 3 is 2.74 bits per heavy atom. The number of nitrogens with zero attached hydrogens (tertiary/aromatic N) is 1. The van der Waals surface area contributed by atoms with Gasteiger partial charge in [-0.05, 0) is 19.4 Å². The average molecular weight is 274 g/mol. The van der Waals surface area contributed by atoms with Crippen LogP contribution in [0.2, 0.25) is 0 Å². The fourth-order valence-corrected chi connectivity index (χ4v) is 3.08. The summed E-state index contributed by atoms with van der Waals surface area (Å²) in [5.41, 5.74) is 3.82. The number of aryl methyl sites for hydroxylation is 2. The molecule has 19 heavy (non-hydrogen) atoms. The third-order valence-electron chi connectivity index (χ3n) is 3.05. The first-order valence-corrected chi connectivity index (χ1v) is 7.60. The molecule has 1 aromatic carbocycles. The van der Waals surface area contributed by atoms with Crippen LogP contribution in [0.15, 0.2) is 24.3 Å². The Morgan fingerprint density at radius 2 is 2.05 bits per heavy atom. The molecular weight excluding hydrogens is 252 g/mol. The van der Waals surface area contributed by atoms with E-state index in [1.165, 1.54) is 26.7 Å². The highest BCUT2D eigenvalue weighted by molar-refractivity contribution is 7.11. The molecule has 1 heterocycles. The van der Waals surface area contributed by atoms with Gasteiger partial charge in [0, 0.05) is 23.9 Å². The van der Waals surface area contributed by atoms with Gasteiger partial charge in [-0.15, -0.1) is 11.3 Å². The quantitative estimate of drug-likeness (QED) is 0.896. The van der Waals surface area contributed by atoms with Gasteiger partial charge in [0.05, 0.1) is 10.7 Å². The fourth-order valence-electron chi connectivity index (χ4n) is 2.02. The van der Waals surface area contributed by atoms with Gasteiger partial charge in [0.25, 0.3) is 0 Å². The summed E-state index contributed by atoms with van der Waals surface area (Å²) in [6, 6.07) is 9.18. The normalized spacial score (nSPS) is 11.2. The third kappa shape index (κ3) is 4.15. The highest BCUT2D eigenvalue weighted by atomic mass is 32.1. The topological polar surface area (TPSA) is 24.9 Å². The standard InChI is InChI=1S/C16H22N2S/c1-11(2)17-10-15-13(4)18-16(19-15)9-14-7-5-6-12(3)8-14/h5-8,11,17H,9-10H2,1-4H3. The predicted octanol–water partition coefficient (Wildman–Crippen LogP) is 3.85. The Morgan fingerprint density at radius 1 is 1.26 bits per heavy atom. The van der Waals surface area contributed by atoms with Crippen LogP contribution < -0.4 is 5.32 Å². The van der Waals surface area contributed by atoms with Gasteiger partial charge >= 0.3 is 0 Å². The molecule has 0 spiro atoms. The van der Waals surface area contributed by atoms with Crippen LogP contribution in [0.3, 0.4) is 0 Å². The molecular formula is C16H22N2S. The zero-order valence-electron chi connectivity index (χ0n) is 12.2. The molecule has 2 nitrogen and oxygen atoms in total. The first-order valence-electron chi connectivity index (χ1n) is 6.78. The molecule has 0 unspecified atom stereocenters. The van der Waals surface area contributed by atoms with Crippen molar-refractivity contribution >= 4 is 11.3 Å². The lowest BCUT2D eigenvalue weighted by Crippen LogP contribution is -2.21. The van der Waals surface area contributed by atoms with Gasteiger partial charge in [-0.3, -0.25) is 0 Å². The maximum atomic E-state index is 4.69. The van der Waals surface area contributed by atoms with Crippen LogP contribution in [0.1, 0.15) is 40.6 Å². The zero-order chi connectivity index (χ0) is 13.8. The van der Waals surface area contributed by atoms with Gasteiger partial charge < -0.3 is 5.32 Å². The van der Waals surface area contributed by atoms with Crippen molar-refractivity contribution in [2.24, 2.45) is 0 Å². The minimum atomic E-state index is 0.515. The molecule has 0 aliphatic heterocycles. The van der Waals surface area contributed by atoms with Crippen LogP contribution in [0, 0.1) is 13.8 Å². The molecule has 0 amide bonds. The SMILES string of the molecule is Cc1cccc(Cc2nc(C)c(CNC(C)C)s2)c1. The lowest BCUT2D eigenvalue weighted by molar-refractivity contribution is 0.591. The molecule has 0 radical (unpaired) electrons. The zero-order valence-corrected chi connectivity index (χ0v) is 13.0. The van der Waals surface area contributed by atoms with E-state index < -0.39 is 0 Å². The third-order valence-corrected chi connectivity index (χ3v) is 4.20. The minimum Gasteiger partial charge on any atom is -0.310 e. The molecule has 102 valence electrons. The lowest BCUT2D eigenvalue weighted by atomic mass is 10.1.